The van der Waals surface area contributed by atoms with E-state index < -0.39 is 42.8 Å². The number of methoxy groups -OCH3 is 1. The number of esters is 2. The second-order valence-electron chi connectivity index (χ2n) is 7.26. The van der Waals surface area contributed by atoms with Crippen LogP contribution >= 0.6 is 31.9 Å². The van der Waals surface area contributed by atoms with Crippen LogP contribution in [0, 0.1) is 11.8 Å². The van der Waals surface area contributed by atoms with Crippen molar-refractivity contribution < 1.29 is 33.4 Å². The maximum Gasteiger partial charge on any atom is 0.337 e. The molecule has 2 aliphatic rings. The number of rotatable bonds is 6. The van der Waals surface area contributed by atoms with E-state index in [2.05, 4.69) is 41.9 Å². The van der Waals surface area contributed by atoms with Crippen molar-refractivity contribution in [3.63, 3.8) is 0 Å². The molecular weight excluding hydrogens is 540 g/mol. The van der Waals surface area contributed by atoms with Gasteiger partial charge in [0.1, 0.15) is 6.54 Å². The summed E-state index contributed by atoms with van der Waals surface area (Å²) in [7, 11) is 1.26. The normalized spacial score (nSPS) is 25.1. The van der Waals surface area contributed by atoms with Gasteiger partial charge in [-0.05, 0) is 37.1 Å². The molecule has 1 N–H and O–H groups in total. The number of imide groups is 1. The summed E-state index contributed by atoms with van der Waals surface area (Å²) in [6.07, 6.45) is 1.02. The zero-order valence-electron chi connectivity index (χ0n) is 16.5. The van der Waals surface area contributed by atoms with Gasteiger partial charge in [-0.2, -0.15) is 0 Å². The summed E-state index contributed by atoms with van der Waals surface area (Å²) in [6.45, 7) is -1.10. The van der Waals surface area contributed by atoms with Crippen LogP contribution in [0.15, 0.2) is 24.3 Å². The third-order valence-electron chi connectivity index (χ3n) is 5.24. The molecule has 1 aromatic rings. The number of ether oxygens (including phenoxy) is 2. The van der Waals surface area contributed by atoms with Gasteiger partial charge in [-0.15, -0.1) is 0 Å². The van der Waals surface area contributed by atoms with Crippen molar-refractivity contribution in [1.82, 2.24) is 4.90 Å². The fourth-order valence-corrected chi connectivity index (χ4v) is 4.88. The lowest BCUT2D eigenvalue weighted by Gasteiger charge is -2.29. The first-order chi connectivity index (χ1) is 14.7. The van der Waals surface area contributed by atoms with E-state index in [-0.39, 0.29) is 21.5 Å². The quantitative estimate of drug-likeness (QED) is 0.321. The molecule has 166 valence electrons. The Morgan fingerprint density at radius 3 is 2.10 bits per heavy atom. The van der Waals surface area contributed by atoms with E-state index in [9.17, 15) is 24.0 Å². The number of hydrogen-bond acceptors (Lipinski definition) is 7. The van der Waals surface area contributed by atoms with Crippen molar-refractivity contribution in [3.05, 3.63) is 29.8 Å². The van der Waals surface area contributed by atoms with Gasteiger partial charge >= 0.3 is 11.9 Å². The Morgan fingerprint density at radius 2 is 1.58 bits per heavy atom. The first kappa shape index (κ1) is 23.4. The van der Waals surface area contributed by atoms with Gasteiger partial charge in [0.2, 0.25) is 11.8 Å². The van der Waals surface area contributed by atoms with Crippen molar-refractivity contribution in [2.45, 2.75) is 22.5 Å². The standard InChI is InChI=1S/C20H20Br2N2O7/c1-30-20(29)10-2-4-11(5-3-10)23-16(25)9-31-17(26)8-24-18(27)12-6-14(21)15(22)7-13(12)19(24)28/h2-5,12-15H,6-9H2,1H3,(H,23,25)/t12-,13+,14-,15-/m0/s1. The molecule has 3 rings (SSSR count). The van der Waals surface area contributed by atoms with Crippen LogP contribution in [0.2, 0.25) is 0 Å². The number of hydrogen-bond donors (Lipinski definition) is 1. The number of nitrogens with one attached hydrogen (secondary N) is 1. The first-order valence-electron chi connectivity index (χ1n) is 9.48. The predicted molar refractivity (Wildman–Crippen MR) is 116 cm³/mol. The molecule has 3 amide bonds. The zero-order valence-corrected chi connectivity index (χ0v) is 19.7. The molecule has 9 nitrogen and oxygen atoms in total. The number of nitrogens with zero attached hydrogens (tertiary/aromatic N) is 1. The highest BCUT2D eigenvalue weighted by molar-refractivity contribution is 9.12. The molecule has 2 fully saturated rings. The number of alkyl halides is 2. The predicted octanol–water partition coefficient (Wildman–Crippen LogP) is 1.88. The van der Waals surface area contributed by atoms with Crippen LogP contribution < -0.4 is 5.32 Å². The molecule has 0 aromatic heterocycles. The van der Waals surface area contributed by atoms with Crippen LogP contribution in [0.5, 0.6) is 0 Å². The topological polar surface area (TPSA) is 119 Å². The number of carbonyl (C=O) groups excluding carboxylic acids is 5. The highest BCUT2D eigenvalue weighted by Gasteiger charge is 2.52. The third-order valence-corrected chi connectivity index (χ3v) is 7.98. The Bertz CT molecular complexity index is 877. The fraction of sp³-hybridized carbons (Fsp3) is 0.450. The van der Waals surface area contributed by atoms with Crippen LogP contribution in [0.25, 0.3) is 0 Å². The van der Waals surface area contributed by atoms with Crippen molar-refractivity contribution in [1.29, 1.82) is 0 Å². The molecule has 1 saturated heterocycles. The summed E-state index contributed by atoms with van der Waals surface area (Å²) in [6, 6.07) is 5.96. The smallest absolute Gasteiger partial charge is 0.337 e. The van der Waals surface area contributed by atoms with E-state index in [0.717, 1.165) is 4.90 Å². The van der Waals surface area contributed by atoms with Gasteiger partial charge in [0.15, 0.2) is 6.61 Å². The van der Waals surface area contributed by atoms with Gasteiger partial charge in [-0.3, -0.25) is 24.1 Å². The lowest BCUT2D eigenvalue weighted by Crippen LogP contribution is -2.37. The van der Waals surface area contributed by atoms with Crippen molar-refractivity contribution in [2.24, 2.45) is 11.8 Å². The third kappa shape index (κ3) is 5.32. The molecule has 0 unspecified atom stereocenters. The van der Waals surface area contributed by atoms with E-state index in [0.29, 0.717) is 24.1 Å². The number of carbonyl (C=O) groups is 5. The minimum absolute atomic E-state index is 0.0720. The molecule has 0 radical (unpaired) electrons. The Kier molecular flexibility index (Phi) is 7.47. The number of anilines is 1. The number of fused-ring (bicyclic) bond motifs is 1. The van der Waals surface area contributed by atoms with E-state index in [1.54, 1.807) is 0 Å². The number of likely N-dealkylation sites (tertiary alicyclic amines) is 1. The zero-order chi connectivity index (χ0) is 22.7. The molecular formula is C20H20Br2N2O7. The summed E-state index contributed by atoms with van der Waals surface area (Å²) in [5.41, 5.74) is 0.723. The summed E-state index contributed by atoms with van der Waals surface area (Å²) < 4.78 is 9.51. The molecule has 31 heavy (non-hydrogen) atoms. The fourth-order valence-electron chi connectivity index (χ4n) is 3.64. The highest BCUT2D eigenvalue weighted by atomic mass is 79.9. The summed E-state index contributed by atoms with van der Waals surface area (Å²) >= 11 is 7.01. The lowest BCUT2D eigenvalue weighted by molar-refractivity contribution is -0.154. The molecule has 0 spiro atoms. The van der Waals surface area contributed by atoms with E-state index >= 15 is 0 Å². The van der Waals surface area contributed by atoms with Crippen LogP contribution in [-0.2, 0) is 28.7 Å². The molecule has 11 heteroatoms. The van der Waals surface area contributed by atoms with Gasteiger partial charge in [-0.25, -0.2) is 4.79 Å². The first-order valence-corrected chi connectivity index (χ1v) is 11.3. The molecule has 4 atom stereocenters. The second kappa shape index (κ2) is 9.90. The molecule has 1 saturated carbocycles. The van der Waals surface area contributed by atoms with E-state index in [4.69, 9.17) is 4.74 Å². The SMILES string of the molecule is COC(=O)c1ccc(NC(=O)COC(=O)CN2C(=O)[C@H]3C[C@H](Br)[C@@H](Br)C[C@H]3C2=O)cc1. The van der Waals surface area contributed by atoms with Gasteiger partial charge in [-0.1, -0.05) is 31.9 Å². The van der Waals surface area contributed by atoms with E-state index in [1.165, 1.54) is 31.4 Å². The van der Waals surface area contributed by atoms with Crippen LogP contribution in [-0.4, -0.2) is 64.5 Å². The maximum atomic E-state index is 12.6. The van der Waals surface area contributed by atoms with Gasteiger partial charge in [0, 0.05) is 15.3 Å². The Balaban J connectivity index is 1.48. The average molecular weight is 560 g/mol. The second-order valence-corrected chi connectivity index (χ2v) is 9.61. The highest BCUT2D eigenvalue weighted by Crippen LogP contribution is 2.43. The molecule has 1 aromatic carbocycles. The monoisotopic (exact) mass is 558 g/mol. The summed E-state index contributed by atoms with van der Waals surface area (Å²) in [4.78, 5) is 61.7. The largest absolute Gasteiger partial charge is 0.465 e. The van der Waals surface area contributed by atoms with Gasteiger partial charge in [0.25, 0.3) is 5.91 Å². The Morgan fingerprint density at radius 1 is 1.03 bits per heavy atom. The Hall–Kier alpha value is -2.27. The number of benzene rings is 1. The van der Waals surface area contributed by atoms with Crippen LogP contribution in [0.3, 0.4) is 0 Å². The lowest BCUT2D eigenvalue weighted by atomic mass is 9.81. The van der Waals surface area contributed by atoms with Crippen molar-refractivity contribution >= 4 is 67.2 Å². The van der Waals surface area contributed by atoms with Crippen LogP contribution in [0.1, 0.15) is 23.2 Å². The minimum Gasteiger partial charge on any atom is -0.465 e. The van der Waals surface area contributed by atoms with E-state index in [1.807, 2.05) is 0 Å². The average Bonchev–Trinajstić information content (AvgIpc) is 2.97. The van der Waals surface area contributed by atoms with Gasteiger partial charge in [0.05, 0.1) is 24.5 Å². The summed E-state index contributed by atoms with van der Waals surface area (Å²) in [5, 5.41) is 2.52. The maximum absolute atomic E-state index is 12.6. The molecule has 1 aliphatic carbocycles. The van der Waals surface area contributed by atoms with Crippen molar-refractivity contribution in [2.75, 3.05) is 25.6 Å². The number of halogens is 2. The molecule has 1 aliphatic heterocycles. The van der Waals surface area contributed by atoms with Gasteiger partial charge < -0.3 is 14.8 Å². The summed E-state index contributed by atoms with van der Waals surface area (Å²) in [5.74, 6) is -3.61. The van der Waals surface area contributed by atoms with Crippen molar-refractivity contribution in [3.8, 4) is 0 Å². The number of amides is 3. The Labute approximate surface area is 195 Å². The molecule has 1 heterocycles. The van der Waals surface area contributed by atoms with Crippen LogP contribution in [0.4, 0.5) is 5.69 Å². The minimum atomic E-state index is -0.845. The molecule has 0 bridgehead atoms.